The van der Waals surface area contributed by atoms with Gasteiger partial charge in [0.2, 0.25) is 0 Å². The third kappa shape index (κ3) is 3.60. The van der Waals surface area contributed by atoms with Crippen LogP contribution in [0.2, 0.25) is 0 Å². The van der Waals surface area contributed by atoms with Crippen molar-refractivity contribution in [1.82, 2.24) is 19.5 Å². The van der Waals surface area contributed by atoms with Crippen molar-refractivity contribution >= 4 is 5.82 Å². The summed E-state index contributed by atoms with van der Waals surface area (Å²) in [5, 5.41) is 3.41. The van der Waals surface area contributed by atoms with Crippen LogP contribution in [-0.2, 0) is 13.0 Å². The first-order valence-corrected chi connectivity index (χ1v) is 7.75. The molecule has 2 aromatic rings. The first-order valence-electron chi connectivity index (χ1n) is 7.75. The Morgan fingerprint density at radius 1 is 1.19 bits per heavy atom. The number of nitrogens with one attached hydrogen (secondary N) is 1. The Hall–Kier alpha value is -1.91. The molecule has 0 aliphatic heterocycles. The second kappa shape index (κ2) is 7.20. The summed E-state index contributed by atoms with van der Waals surface area (Å²) in [5.74, 6) is 2.40. The zero-order valence-electron chi connectivity index (χ0n) is 13.4. The molecule has 2 rings (SSSR count). The Morgan fingerprint density at radius 3 is 2.67 bits per heavy atom. The third-order valence-electron chi connectivity index (χ3n) is 3.55. The standard InChI is InChI=1S/C16H25N5/c1-5-7-18-16-15(12(3)4)13(19-11-20-16)10-14-17-8-9-21(14)6-2/h8-9,11-12H,5-7,10H2,1-4H3,(H,18,19,20). The summed E-state index contributed by atoms with van der Waals surface area (Å²) in [6, 6.07) is 0. The van der Waals surface area contributed by atoms with E-state index in [2.05, 4.69) is 52.5 Å². The first-order chi connectivity index (χ1) is 10.2. The SMILES string of the molecule is CCCNc1ncnc(Cc2nccn2CC)c1C(C)C. The molecule has 5 nitrogen and oxygen atoms in total. The van der Waals surface area contributed by atoms with E-state index >= 15 is 0 Å². The van der Waals surface area contributed by atoms with Crippen molar-refractivity contribution in [3.8, 4) is 0 Å². The molecule has 0 unspecified atom stereocenters. The Balaban J connectivity index is 2.34. The number of hydrogen-bond donors (Lipinski definition) is 1. The number of nitrogens with zero attached hydrogens (tertiary/aromatic N) is 4. The fourth-order valence-corrected chi connectivity index (χ4v) is 2.51. The van der Waals surface area contributed by atoms with Gasteiger partial charge in [-0.2, -0.15) is 0 Å². The van der Waals surface area contributed by atoms with Gasteiger partial charge in [0.05, 0.1) is 5.69 Å². The normalized spacial score (nSPS) is 11.1. The second-order valence-electron chi connectivity index (χ2n) is 5.47. The minimum Gasteiger partial charge on any atom is -0.370 e. The highest BCUT2D eigenvalue weighted by Crippen LogP contribution is 2.26. The van der Waals surface area contributed by atoms with Gasteiger partial charge in [0, 0.05) is 37.5 Å². The summed E-state index contributed by atoms with van der Waals surface area (Å²) < 4.78 is 2.16. The molecule has 0 saturated heterocycles. The summed E-state index contributed by atoms with van der Waals surface area (Å²) >= 11 is 0. The van der Waals surface area contributed by atoms with E-state index in [1.54, 1.807) is 6.33 Å². The molecule has 0 atom stereocenters. The van der Waals surface area contributed by atoms with Crippen LogP contribution in [0.3, 0.4) is 0 Å². The van der Waals surface area contributed by atoms with Crippen molar-refractivity contribution in [1.29, 1.82) is 0 Å². The van der Waals surface area contributed by atoms with Gasteiger partial charge in [-0.15, -0.1) is 0 Å². The topological polar surface area (TPSA) is 55.6 Å². The summed E-state index contributed by atoms with van der Waals surface area (Å²) in [7, 11) is 0. The fourth-order valence-electron chi connectivity index (χ4n) is 2.51. The van der Waals surface area contributed by atoms with Crippen LogP contribution in [0.1, 0.15) is 57.1 Å². The molecule has 0 saturated carbocycles. The minimum atomic E-state index is 0.380. The number of imidazole rings is 1. The van der Waals surface area contributed by atoms with Gasteiger partial charge in [0.15, 0.2) is 0 Å². The van der Waals surface area contributed by atoms with Crippen LogP contribution in [0.5, 0.6) is 0 Å². The Morgan fingerprint density at radius 2 is 2.00 bits per heavy atom. The van der Waals surface area contributed by atoms with Crippen molar-refractivity contribution in [3.63, 3.8) is 0 Å². The van der Waals surface area contributed by atoms with E-state index < -0.39 is 0 Å². The molecule has 2 heterocycles. The van der Waals surface area contributed by atoms with E-state index in [-0.39, 0.29) is 0 Å². The molecule has 0 amide bonds. The van der Waals surface area contributed by atoms with Crippen molar-refractivity contribution in [2.45, 2.75) is 53.0 Å². The maximum Gasteiger partial charge on any atom is 0.133 e. The summed E-state index contributed by atoms with van der Waals surface area (Å²) in [6.07, 6.45) is 7.35. The number of hydrogen-bond acceptors (Lipinski definition) is 4. The van der Waals surface area contributed by atoms with E-state index in [0.29, 0.717) is 5.92 Å². The van der Waals surface area contributed by atoms with Gasteiger partial charge < -0.3 is 9.88 Å². The molecule has 0 aromatic carbocycles. The van der Waals surface area contributed by atoms with Crippen LogP contribution >= 0.6 is 0 Å². The molecule has 2 aromatic heterocycles. The molecule has 0 aliphatic rings. The zero-order chi connectivity index (χ0) is 15.2. The molecule has 0 radical (unpaired) electrons. The maximum absolute atomic E-state index is 4.51. The lowest BCUT2D eigenvalue weighted by molar-refractivity contribution is 0.701. The van der Waals surface area contributed by atoms with Gasteiger partial charge in [0.25, 0.3) is 0 Å². The Kier molecular flexibility index (Phi) is 5.31. The van der Waals surface area contributed by atoms with Crippen LogP contribution in [0.4, 0.5) is 5.82 Å². The summed E-state index contributed by atoms with van der Waals surface area (Å²) in [5.41, 5.74) is 2.27. The summed E-state index contributed by atoms with van der Waals surface area (Å²) in [4.78, 5) is 13.4. The summed E-state index contributed by atoms with van der Waals surface area (Å²) in [6.45, 7) is 10.5. The molecule has 0 bridgehead atoms. The highest BCUT2D eigenvalue weighted by atomic mass is 15.1. The van der Waals surface area contributed by atoms with Crippen molar-refractivity contribution < 1.29 is 0 Å². The van der Waals surface area contributed by atoms with Gasteiger partial charge in [-0.05, 0) is 19.3 Å². The highest BCUT2D eigenvalue weighted by Gasteiger charge is 2.16. The van der Waals surface area contributed by atoms with Crippen LogP contribution in [0.25, 0.3) is 0 Å². The molecule has 21 heavy (non-hydrogen) atoms. The molecule has 0 fully saturated rings. The molecule has 0 aliphatic carbocycles. The number of anilines is 1. The van der Waals surface area contributed by atoms with Gasteiger partial charge in [-0.3, -0.25) is 0 Å². The smallest absolute Gasteiger partial charge is 0.133 e. The largest absolute Gasteiger partial charge is 0.370 e. The van der Waals surface area contributed by atoms with E-state index in [1.807, 2.05) is 12.4 Å². The monoisotopic (exact) mass is 287 g/mol. The molecular weight excluding hydrogens is 262 g/mol. The van der Waals surface area contributed by atoms with Crippen molar-refractivity contribution in [3.05, 3.63) is 35.8 Å². The average molecular weight is 287 g/mol. The van der Waals surface area contributed by atoms with Gasteiger partial charge >= 0.3 is 0 Å². The van der Waals surface area contributed by atoms with Crippen molar-refractivity contribution in [2.24, 2.45) is 0 Å². The average Bonchev–Trinajstić information content (AvgIpc) is 2.92. The third-order valence-corrected chi connectivity index (χ3v) is 3.55. The molecule has 5 heteroatoms. The number of aryl methyl sites for hydroxylation is 1. The predicted octanol–water partition coefficient (Wildman–Crippen LogP) is 3.23. The Bertz CT molecular complexity index is 574. The molecule has 1 N–H and O–H groups in total. The number of rotatable bonds is 7. The first kappa shape index (κ1) is 15.5. The predicted molar refractivity (Wildman–Crippen MR) is 85.6 cm³/mol. The quantitative estimate of drug-likeness (QED) is 0.849. The van der Waals surface area contributed by atoms with Gasteiger partial charge in [-0.1, -0.05) is 20.8 Å². The Labute approximate surface area is 126 Å². The van der Waals surface area contributed by atoms with Crippen LogP contribution in [-0.4, -0.2) is 26.1 Å². The zero-order valence-corrected chi connectivity index (χ0v) is 13.4. The second-order valence-corrected chi connectivity index (χ2v) is 5.47. The molecule has 0 spiro atoms. The van der Waals surface area contributed by atoms with Crippen LogP contribution < -0.4 is 5.32 Å². The molecule has 114 valence electrons. The van der Waals surface area contributed by atoms with Crippen molar-refractivity contribution in [2.75, 3.05) is 11.9 Å². The van der Waals surface area contributed by atoms with Crippen LogP contribution in [0, 0.1) is 0 Å². The van der Waals surface area contributed by atoms with E-state index in [9.17, 15) is 0 Å². The fraction of sp³-hybridized carbons (Fsp3) is 0.562. The minimum absolute atomic E-state index is 0.380. The van der Waals surface area contributed by atoms with E-state index in [0.717, 1.165) is 43.3 Å². The lowest BCUT2D eigenvalue weighted by atomic mass is 9.99. The van der Waals surface area contributed by atoms with Gasteiger partial charge in [-0.25, -0.2) is 15.0 Å². The maximum atomic E-state index is 4.51. The van der Waals surface area contributed by atoms with E-state index in [1.165, 1.54) is 5.56 Å². The van der Waals surface area contributed by atoms with Crippen LogP contribution in [0.15, 0.2) is 18.7 Å². The van der Waals surface area contributed by atoms with E-state index in [4.69, 9.17) is 0 Å². The van der Waals surface area contributed by atoms with Gasteiger partial charge in [0.1, 0.15) is 18.0 Å². The molecular formula is C16H25N5. The highest BCUT2D eigenvalue weighted by molar-refractivity contribution is 5.48. The lowest BCUT2D eigenvalue weighted by Gasteiger charge is -2.17. The number of aromatic nitrogens is 4. The lowest BCUT2D eigenvalue weighted by Crippen LogP contribution is -2.12.